The van der Waals surface area contributed by atoms with Crippen LogP contribution < -0.4 is 0 Å². The molecule has 0 amide bonds. The van der Waals surface area contributed by atoms with Gasteiger partial charge in [0.15, 0.2) is 0 Å². The van der Waals surface area contributed by atoms with Gasteiger partial charge in [-0.05, 0) is 36.8 Å². The van der Waals surface area contributed by atoms with Crippen molar-refractivity contribution in [2.75, 3.05) is 0 Å². The van der Waals surface area contributed by atoms with E-state index in [1.165, 1.54) is 17.4 Å². The van der Waals surface area contributed by atoms with E-state index >= 15 is 0 Å². The number of aromatic nitrogens is 2. The van der Waals surface area contributed by atoms with Gasteiger partial charge in [-0.3, -0.25) is 4.98 Å². The molecule has 6 heteroatoms. The highest BCUT2D eigenvalue weighted by Gasteiger charge is 2.30. The molecule has 3 aromatic rings. The van der Waals surface area contributed by atoms with Gasteiger partial charge >= 0.3 is 6.18 Å². The van der Waals surface area contributed by atoms with Gasteiger partial charge in [0.1, 0.15) is 5.01 Å². The first-order valence-electron chi connectivity index (χ1n) is 6.50. The predicted molar refractivity (Wildman–Crippen MR) is 80.5 cm³/mol. The second-order valence-corrected chi connectivity index (χ2v) is 5.75. The molecule has 2 nitrogen and oxygen atoms in total. The molecule has 0 aliphatic heterocycles. The number of hydrogen-bond acceptors (Lipinski definition) is 3. The molecule has 0 aliphatic rings. The number of hydrogen-bond donors (Lipinski definition) is 0. The fraction of sp³-hybridized carbons (Fsp3) is 0.125. The highest BCUT2D eigenvalue weighted by molar-refractivity contribution is 7.18. The molecule has 1 aromatic carbocycles. The van der Waals surface area contributed by atoms with E-state index in [0.717, 1.165) is 27.6 Å². The quantitative estimate of drug-likeness (QED) is 0.648. The number of aryl methyl sites for hydroxylation is 1. The summed E-state index contributed by atoms with van der Waals surface area (Å²) in [5.41, 5.74) is 1.44. The minimum atomic E-state index is -4.35. The zero-order valence-electron chi connectivity index (χ0n) is 11.6. The van der Waals surface area contributed by atoms with Crippen molar-refractivity contribution in [3.8, 4) is 21.0 Å². The summed E-state index contributed by atoms with van der Waals surface area (Å²) in [5.74, 6) is 0. The van der Waals surface area contributed by atoms with E-state index in [0.29, 0.717) is 11.3 Å². The molecule has 0 radical (unpaired) electrons. The number of alkyl halides is 3. The fourth-order valence-corrected chi connectivity index (χ4v) is 3.17. The Morgan fingerprint density at radius 3 is 2.50 bits per heavy atom. The smallest absolute Gasteiger partial charge is 0.264 e. The number of benzene rings is 1. The Kier molecular flexibility index (Phi) is 3.70. The van der Waals surface area contributed by atoms with Crippen LogP contribution in [0.5, 0.6) is 0 Å². The van der Waals surface area contributed by atoms with E-state index in [-0.39, 0.29) is 0 Å². The lowest BCUT2D eigenvalue weighted by atomic mass is 10.1. The first kappa shape index (κ1) is 14.7. The maximum atomic E-state index is 12.8. The average molecular weight is 320 g/mol. The molecule has 0 aliphatic carbocycles. The van der Waals surface area contributed by atoms with Gasteiger partial charge in [0, 0.05) is 18.0 Å². The topological polar surface area (TPSA) is 25.8 Å². The SMILES string of the molecule is Cc1nc(-c2cccnc2)sc1-c1cccc(C(F)(F)F)c1. The van der Waals surface area contributed by atoms with Gasteiger partial charge in [-0.2, -0.15) is 13.2 Å². The van der Waals surface area contributed by atoms with Crippen LogP contribution in [-0.2, 0) is 6.18 Å². The average Bonchev–Trinajstić information content (AvgIpc) is 2.89. The molecule has 0 bridgehead atoms. The molecule has 3 rings (SSSR count). The van der Waals surface area contributed by atoms with Crippen LogP contribution in [-0.4, -0.2) is 9.97 Å². The fourth-order valence-electron chi connectivity index (χ4n) is 2.11. The van der Waals surface area contributed by atoms with E-state index in [1.54, 1.807) is 31.5 Å². The van der Waals surface area contributed by atoms with Crippen molar-refractivity contribution >= 4 is 11.3 Å². The third-order valence-electron chi connectivity index (χ3n) is 3.16. The summed E-state index contributed by atoms with van der Waals surface area (Å²) in [4.78, 5) is 9.22. The summed E-state index contributed by atoms with van der Waals surface area (Å²) >= 11 is 1.37. The standard InChI is InChI=1S/C16H11F3N2S/c1-10-14(11-4-2-6-13(8-11)16(17,18)19)22-15(21-10)12-5-3-7-20-9-12/h2-9H,1H3. The van der Waals surface area contributed by atoms with Crippen molar-refractivity contribution in [3.05, 3.63) is 60.0 Å². The van der Waals surface area contributed by atoms with Crippen molar-refractivity contribution in [1.82, 2.24) is 9.97 Å². The summed E-state index contributed by atoms with van der Waals surface area (Å²) in [6.45, 7) is 1.80. The molecule has 22 heavy (non-hydrogen) atoms. The Labute approximate surface area is 129 Å². The summed E-state index contributed by atoms with van der Waals surface area (Å²) in [6.07, 6.45) is -0.993. The number of thiazole rings is 1. The Balaban J connectivity index is 2.05. The maximum absolute atomic E-state index is 12.8. The highest BCUT2D eigenvalue weighted by Crippen LogP contribution is 2.37. The van der Waals surface area contributed by atoms with E-state index in [4.69, 9.17) is 0 Å². The molecule has 0 saturated carbocycles. The zero-order chi connectivity index (χ0) is 15.7. The summed E-state index contributed by atoms with van der Waals surface area (Å²) in [5, 5.41) is 0.748. The number of nitrogens with zero attached hydrogens (tertiary/aromatic N) is 2. The Morgan fingerprint density at radius 2 is 1.82 bits per heavy atom. The Morgan fingerprint density at radius 1 is 1.05 bits per heavy atom. The zero-order valence-corrected chi connectivity index (χ0v) is 12.4. The van der Waals surface area contributed by atoms with Crippen LogP contribution in [0.25, 0.3) is 21.0 Å². The first-order chi connectivity index (χ1) is 10.4. The second kappa shape index (κ2) is 5.53. The van der Waals surface area contributed by atoms with Crippen LogP contribution in [0, 0.1) is 6.92 Å². The van der Waals surface area contributed by atoms with E-state index < -0.39 is 11.7 Å². The lowest BCUT2D eigenvalue weighted by molar-refractivity contribution is -0.137. The van der Waals surface area contributed by atoms with Gasteiger partial charge in [0.25, 0.3) is 0 Å². The van der Waals surface area contributed by atoms with Gasteiger partial charge in [-0.15, -0.1) is 11.3 Å². The van der Waals surface area contributed by atoms with Crippen LogP contribution in [0.4, 0.5) is 13.2 Å². The monoisotopic (exact) mass is 320 g/mol. The van der Waals surface area contributed by atoms with Crippen molar-refractivity contribution < 1.29 is 13.2 Å². The number of pyridine rings is 1. The van der Waals surface area contributed by atoms with Gasteiger partial charge in [-0.1, -0.05) is 12.1 Å². The van der Waals surface area contributed by atoms with Crippen molar-refractivity contribution in [1.29, 1.82) is 0 Å². The largest absolute Gasteiger partial charge is 0.416 e. The molecule has 0 spiro atoms. The van der Waals surface area contributed by atoms with Crippen molar-refractivity contribution in [3.63, 3.8) is 0 Å². The highest BCUT2D eigenvalue weighted by atomic mass is 32.1. The van der Waals surface area contributed by atoms with E-state index in [9.17, 15) is 13.2 Å². The minimum Gasteiger partial charge on any atom is -0.264 e. The summed E-state index contributed by atoms with van der Waals surface area (Å²) < 4.78 is 38.5. The molecule has 0 N–H and O–H groups in total. The molecule has 2 aromatic heterocycles. The van der Waals surface area contributed by atoms with Crippen LogP contribution >= 0.6 is 11.3 Å². The van der Waals surface area contributed by atoms with Crippen molar-refractivity contribution in [2.24, 2.45) is 0 Å². The van der Waals surface area contributed by atoms with Crippen LogP contribution in [0.3, 0.4) is 0 Å². The predicted octanol–water partition coefficient (Wildman–Crippen LogP) is 5.20. The van der Waals surface area contributed by atoms with Gasteiger partial charge in [0.05, 0.1) is 16.1 Å². The first-order valence-corrected chi connectivity index (χ1v) is 7.32. The van der Waals surface area contributed by atoms with E-state index in [2.05, 4.69) is 9.97 Å². The number of rotatable bonds is 2. The number of halogens is 3. The molecule has 112 valence electrons. The Bertz CT molecular complexity index is 795. The molecule has 0 unspecified atom stereocenters. The lowest BCUT2D eigenvalue weighted by Gasteiger charge is -2.07. The molecular weight excluding hydrogens is 309 g/mol. The lowest BCUT2D eigenvalue weighted by Crippen LogP contribution is -2.04. The van der Waals surface area contributed by atoms with Gasteiger partial charge in [0.2, 0.25) is 0 Å². The van der Waals surface area contributed by atoms with Gasteiger partial charge in [-0.25, -0.2) is 4.98 Å². The molecule has 0 atom stereocenters. The molecular formula is C16H11F3N2S. The summed E-state index contributed by atoms with van der Waals surface area (Å²) in [7, 11) is 0. The van der Waals surface area contributed by atoms with Crippen LogP contribution in [0.2, 0.25) is 0 Å². The van der Waals surface area contributed by atoms with E-state index in [1.807, 2.05) is 6.07 Å². The third kappa shape index (κ3) is 2.87. The Hall–Kier alpha value is -2.21. The van der Waals surface area contributed by atoms with Crippen LogP contribution in [0.15, 0.2) is 48.8 Å². The van der Waals surface area contributed by atoms with Crippen molar-refractivity contribution in [2.45, 2.75) is 13.1 Å². The molecule has 2 heterocycles. The van der Waals surface area contributed by atoms with Crippen LogP contribution in [0.1, 0.15) is 11.3 Å². The third-order valence-corrected chi connectivity index (χ3v) is 4.41. The minimum absolute atomic E-state index is 0.528. The normalized spacial score (nSPS) is 11.6. The molecule has 0 fully saturated rings. The molecule has 0 saturated heterocycles. The van der Waals surface area contributed by atoms with Gasteiger partial charge < -0.3 is 0 Å². The summed E-state index contributed by atoms with van der Waals surface area (Å²) in [6, 6.07) is 9.00. The maximum Gasteiger partial charge on any atom is 0.416 e. The second-order valence-electron chi connectivity index (χ2n) is 4.75.